The summed E-state index contributed by atoms with van der Waals surface area (Å²) in [7, 11) is 1.56. The number of likely N-dealkylation sites (tertiary alicyclic amines) is 1. The molecule has 1 aliphatic rings. The second kappa shape index (κ2) is 13.8. The molecule has 1 aliphatic heterocycles. The van der Waals surface area contributed by atoms with Crippen LogP contribution in [0.4, 0.5) is 5.82 Å². The van der Waals surface area contributed by atoms with Crippen LogP contribution < -0.4 is 15.2 Å². The number of amides is 1. The van der Waals surface area contributed by atoms with Gasteiger partial charge in [0.1, 0.15) is 29.5 Å². The van der Waals surface area contributed by atoms with Gasteiger partial charge in [0.15, 0.2) is 17.1 Å². The van der Waals surface area contributed by atoms with Crippen LogP contribution in [0.3, 0.4) is 0 Å². The molecule has 0 saturated carbocycles. The number of benzene rings is 2. The Labute approximate surface area is 260 Å². The minimum absolute atomic E-state index is 0.0999. The third-order valence-corrected chi connectivity index (χ3v) is 7.26. The highest BCUT2D eigenvalue weighted by Crippen LogP contribution is 2.38. The molecule has 0 spiro atoms. The molecule has 4 aromatic rings. The average Bonchev–Trinajstić information content (AvgIpc) is 3.43. The third-order valence-electron chi connectivity index (χ3n) is 6.52. The number of allylic oxidation sites excluding steroid dienone is 1. The molecule has 2 aromatic carbocycles. The van der Waals surface area contributed by atoms with Crippen molar-refractivity contribution in [2.24, 2.45) is 5.41 Å². The van der Waals surface area contributed by atoms with Crippen molar-refractivity contribution in [1.29, 1.82) is 5.26 Å². The van der Waals surface area contributed by atoms with Gasteiger partial charge < -0.3 is 20.1 Å². The standard InChI is InChI=1S/C18H13Cl2N5O2.C13H20N2O/c1-26-14-6-9(16-15-17(21)22-8-23-18(15)25-24-16)2-5-13(14)27-10-3-4-11(19)12(20)7-10;1-13(2,3)9-11(10-14)12(16)15-7-5-4-6-8-15/h2-8H,1H3,(H3,21,22,23,24,25);9H,4-8H2,1-3H3/b;11-9+. The number of nitrogens with two attached hydrogens (primary N) is 1. The van der Waals surface area contributed by atoms with Crippen molar-refractivity contribution in [3.8, 4) is 34.6 Å². The summed E-state index contributed by atoms with van der Waals surface area (Å²) in [5.41, 5.74) is 8.13. The molecule has 0 unspecified atom stereocenters. The first-order valence-corrected chi connectivity index (χ1v) is 14.4. The highest BCUT2D eigenvalue weighted by atomic mass is 35.5. The molecule has 224 valence electrons. The smallest absolute Gasteiger partial charge is 0.264 e. The summed E-state index contributed by atoms with van der Waals surface area (Å²) in [6.45, 7) is 7.57. The van der Waals surface area contributed by atoms with Crippen LogP contribution in [-0.2, 0) is 4.79 Å². The summed E-state index contributed by atoms with van der Waals surface area (Å²) in [6.07, 6.45) is 6.44. The molecular formula is C31H33Cl2N7O3. The Morgan fingerprint density at radius 1 is 1.07 bits per heavy atom. The molecule has 0 aliphatic carbocycles. The fourth-order valence-electron chi connectivity index (χ4n) is 4.50. The highest BCUT2D eigenvalue weighted by Gasteiger charge is 2.22. The zero-order valence-electron chi connectivity index (χ0n) is 24.4. The summed E-state index contributed by atoms with van der Waals surface area (Å²) in [5.74, 6) is 1.83. The first-order valence-electron chi connectivity index (χ1n) is 13.7. The Balaban J connectivity index is 0.000000227. The maximum absolute atomic E-state index is 12.0. The average molecular weight is 623 g/mol. The van der Waals surface area contributed by atoms with E-state index in [0.29, 0.717) is 49.8 Å². The summed E-state index contributed by atoms with van der Waals surface area (Å²) in [4.78, 5) is 22.0. The van der Waals surface area contributed by atoms with E-state index < -0.39 is 0 Å². The van der Waals surface area contributed by atoms with Crippen molar-refractivity contribution in [3.63, 3.8) is 0 Å². The number of nitriles is 1. The predicted molar refractivity (Wildman–Crippen MR) is 168 cm³/mol. The molecule has 43 heavy (non-hydrogen) atoms. The van der Waals surface area contributed by atoms with Gasteiger partial charge in [-0.15, -0.1) is 0 Å². The van der Waals surface area contributed by atoms with Gasteiger partial charge in [0.25, 0.3) is 5.91 Å². The van der Waals surface area contributed by atoms with Gasteiger partial charge in [0.05, 0.1) is 28.2 Å². The predicted octanol–water partition coefficient (Wildman–Crippen LogP) is 7.20. The van der Waals surface area contributed by atoms with Gasteiger partial charge >= 0.3 is 0 Å². The Hall–Kier alpha value is -4.33. The number of H-pyrrole nitrogens is 1. The van der Waals surface area contributed by atoms with E-state index in [2.05, 4.69) is 20.2 Å². The van der Waals surface area contributed by atoms with Crippen molar-refractivity contribution in [3.05, 3.63) is 64.4 Å². The molecule has 1 saturated heterocycles. The van der Waals surface area contributed by atoms with Crippen LogP contribution in [0.1, 0.15) is 40.0 Å². The number of methoxy groups -OCH3 is 1. The Bertz CT molecular complexity index is 1680. The van der Waals surface area contributed by atoms with Gasteiger partial charge in [-0.3, -0.25) is 9.89 Å². The molecular weight excluding hydrogens is 589 g/mol. The van der Waals surface area contributed by atoms with Crippen LogP contribution >= 0.6 is 23.2 Å². The van der Waals surface area contributed by atoms with E-state index >= 15 is 0 Å². The van der Waals surface area contributed by atoms with Gasteiger partial charge in [-0.25, -0.2) is 9.97 Å². The number of ether oxygens (including phenoxy) is 2. The fraction of sp³-hybridized carbons (Fsp3) is 0.323. The number of fused-ring (bicyclic) bond motifs is 1. The van der Waals surface area contributed by atoms with Crippen molar-refractivity contribution in [2.75, 3.05) is 25.9 Å². The number of halogens is 2. The summed E-state index contributed by atoms with van der Waals surface area (Å²) >= 11 is 12.0. The van der Waals surface area contributed by atoms with Gasteiger partial charge in [-0.05, 0) is 55.0 Å². The van der Waals surface area contributed by atoms with Crippen LogP contribution in [0.5, 0.6) is 17.2 Å². The van der Waals surface area contributed by atoms with E-state index in [0.717, 1.165) is 31.5 Å². The largest absolute Gasteiger partial charge is 0.493 e. The lowest BCUT2D eigenvalue weighted by Crippen LogP contribution is -2.36. The van der Waals surface area contributed by atoms with Crippen LogP contribution in [0, 0.1) is 16.7 Å². The number of carbonyl (C=O) groups is 1. The van der Waals surface area contributed by atoms with Crippen LogP contribution in [0.2, 0.25) is 10.0 Å². The first-order chi connectivity index (χ1) is 20.5. The van der Waals surface area contributed by atoms with Crippen LogP contribution in [0.25, 0.3) is 22.3 Å². The lowest BCUT2D eigenvalue weighted by molar-refractivity contribution is -0.127. The van der Waals surface area contributed by atoms with E-state index in [9.17, 15) is 4.79 Å². The molecule has 1 fully saturated rings. The summed E-state index contributed by atoms with van der Waals surface area (Å²) < 4.78 is 11.3. The molecule has 3 heterocycles. The van der Waals surface area contributed by atoms with Crippen molar-refractivity contribution >= 4 is 46.0 Å². The Morgan fingerprint density at radius 2 is 1.81 bits per heavy atom. The van der Waals surface area contributed by atoms with Crippen molar-refractivity contribution < 1.29 is 14.3 Å². The maximum atomic E-state index is 12.0. The van der Waals surface area contributed by atoms with Gasteiger partial charge in [-0.1, -0.05) is 50.0 Å². The number of nitrogens with one attached hydrogen (secondary N) is 1. The van der Waals surface area contributed by atoms with E-state index in [1.54, 1.807) is 42.4 Å². The monoisotopic (exact) mass is 621 g/mol. The number of rotatable bonds is 5. The van der Waals surface area contributed by atoms with E-state index in [-0.39, 0.29) is 16.9 Å². The second-order valence-electron chi connectivity index (χ2n) is 11.0. The van der Waals surface area contributed by atoms with Crippen molar-refractivity contribution in [2.45, 2.75) is 40.0 Å². The minimum Gasteiger partial charge on any atom is -0.493 e. The van der Waals surface area contributed by atoms with Gasteiger partial charge in [-0.2, -0.15) is 10.4 Å². The van der Waals surface area contributed by atoms with Crippen molar-refractivity contribution in [1.82, 2.24) is 25.1 Å². The zero-order chi connectivity index (χ0) is 31.1. The van der Waals surface area contributed by atoms with Gasteiger partial charge in [0.2, 0.25) is 0 Å². The minimum atomic E-state index is -0.128. The molecule has 5 rings (SSSR count). The SMILES string of the molecule is CC(C)(C)/C=C(\C#N)C(=O)N1CCCCC1.COc1cc(-c2[nH]nc3ncnc(N)c23)ccc1Oc1ccc(Cl)c(Cl)c1. The number of hydrogen-bond donors (Lipinski definition) is 2. The number of nitrogens with zero attached hydrogens (tertiary/aromatic N) is 5. The number of carbonyl (C=O) groups excluding carboxylic acids is 1. The third kappa shape index (κ3) is 7.95. The molecule has 1 amide bonds. The lowest BCUT2D eigenvalue weighted by atomic mass is 9.93. The van der Waals surface area contributed by atoms with E-state index in [4.69, 9.17) is 43.7 Å². The molecule has 10 nitrogen and oxygen atoms in total. The number of nitrogen functional groups attached to an aromatic ring is 1. The normalized spacial score (nSPS) is 13.6. The number of aromatic nitrogens is 4. The molecule has 2 aromatic heterocycles. The van der Waals surface area contributed by atoms with E-state index in [1.807, 2.05) is 39.0 Å². The Kier molecular flexibility index (Phi) is 10.1. The quantitative estimate of drug-likeness (QED) is 0.176. The Morgan fingerprint density at radius 3 is 2.47 bits per heavy atom. The number of hydrogen-bond acceptors (Lipinski definition) is 8. The summed E-state index contributed by atoms with van der Waals surface area (Å²) in [6, 6.07) is 12.5. The topological polar surface area (TPSA) is 143 Å². The van der Waals surface area contributed by atoms with Crippen LogP contribution in [0.15, 0.2) is 54.4 Å². The first kappa shape index (κ1) is 31.6. The molecule has 3 N–H and O–H groups in total. The number of aromatic amines is 1. The van der Waals surface area contributed by atoms with E-state index in [1.165, 1.54) is 12.7 Å². The molecule has 0 bridgehead atoms. The highest BCUT2D eigenvalue weighted by molar-refractivity contribution is 6.42. The number of anilines is 1. The summed E-state index contributed by atoms with van der Waals surface area (Å²) in [5, 5.41) is 17.6. The van der Waals surface area contributed by atoms with Crippen LogP contribution in [-0.4, -0.2) is 51.2 Å². The fourth-order valence-corrected chi connectivity index (χ4v) is 4.79. The molecule has 0 atom stereocenters. The maximum Gasteiger partial charge on any atom is 0.264 e. The zero-order valence-corrected chi connectivity index (χ0v) is 26.0. The lowest BCUT2D eigenvalue weighted by Gasteiger charge is -2.27. The molecule has 12 heteroatoms. The molecule has 0 radical (unpaired) electrons. The van der Waals surface area contributed by atoms with Gasteiger partial charge in [0, 0.05) is 24.7 Å². The second-order valence-corrected chi connectivity index (χ2v) is 11.8. The number of piperidine rings is 1.